The molecule has 17 heavy (non-hydrogen) atoms. The average molecular weight is 298 g/mol. The summed E-state index contributed by atoms with van der Waals surface area (Å²) in [6, 6.07) is 7.70. The number of carbonyl (C=O) groups is 1. The Balaban J connectivity index is 2.20. The van der Waals surface area contributed by atoms with Gasteiger partial charge >= 0.3 is 0 Å². The molecule has 0 radical (unpaired) electrons. The molecule has 0 N–H and O–H groups in total. The van der Waals surface area contributed by atoms with Gasteiger partial charge in [-0.3, -0.25) is 4.79 Å². The van der Waals surface area contributed by atoms with E-state index in [1.807, 2.05) is 36.1 Å². The van der Waals surface area contributed by atoms with Crippen molar-refractivity contribution >= 4 is 27.5 Å². The first kappa shape index (κ1) is 12.4. The quantitative estimate of drug-likeness (QED) is 0.803. The van der Waals surface area contributed by atoms with Crippen LogP contribution in [0.4, 0.5) is 5.69 Å². The number of ether oxygens (including phenoxy) is 1. The summed E-state index contributed by atoms with van der Waals surface area (Å²) >= 11 is 3.42. The molecule has 1 aliphatic rings. The lowest BCUT2D eigenvalue weighted by molar-refractivity contribution is -0.118. The Morgan fingerprint density at radius 2 is 2.35 bits per heavy atom. The lowest BCUT2D eigenvalue weighted by Gasteiger charge is -2.30. The minimum Gasteiger partial charge on any atom is -0.494 e. The number of rotatable bonds is 3. The van der Waals surface area contributed by atoms with Crippen molar-refractivity contribution in [3.63, 3.8) is 0 Å². The first-order chi connectivity index (χ1) is 8.22. The Morgan fingerprint density at radius 3 is 3.12 bits per heavy atom. The van der Waals surface area contributed by atoms with Crippen molar-refractivity contribution in [1.29, 1.82) is 0 Å². The number of anilines is 1. The molecule has 2 rings (SSSR count). The first-order valence-corrected chi connectivity index (χ1v) is 6.82. The van der Waals surface area contributed by atoms with E-state index in [0.29, 0.717) is 6.61 Å². The second-order valence-corrected chi connectivity index (χ2v) is 5.14. The van der Waals surface area contributed by atoms with Gasteiger partial charge in [-0.05, 0) is 31.9 Å². The summed E-state index contributed by atoms with van der Waals surface area (Å²) in [5.41, 5.74) is 0.921. The van der Waals surface area contributed by atoms with E-state index >= 15 is 0 Å². The molecule has 1 amide bonds. The monoisotopic (exact) mass is 297 g/mol. The summed E-state index contributed by atoms with van der Waals surface area (Å²) in [5.74, 6) is 0.958. The summed E-state index contributed by atoms with van der Waals surface area (Å²) in [6.07, 6.45) is 1.95. The minimum atomic E-state index is -0.0491. The standard InChI is InChI=1S/C13H16BrNO2/c1-2-17-11-6-3-5-10(9-11)15-8-4-7-12(14)13(15)16/h3,5-6,9,12H,2,4,7-8H2,1H3. The number of halogens is 1. The van der Waals surface area contributed by atoms with Crippen molar-refractivity contribution in [2.24, 2.45) is 0 Å². The van der Waals surface area contributed by atoms with E-state index in [4.69, 9.17) is 4.74 Å². The normalized spacial score (nSPS) is 20.5. The third kappa shape index (κ3) is 2.80. The topological polar surface area (TPSA) is 29.5 Å². The Bertz CT molecular complexity index is 408. The van der Waals surface area contributed by atoms with E-state index in [2.05, 4.69) is 15.9 Å². The Labute approximate surface area is 110 Å². The van der Waals surface area contributed by atoms with E-state index < -0.39 is 0 Å². The van der Waals surface area contributed by atoms with Crippen LogP contribution in [0.25, 0.3) is 0 Å². The van der Waals surface area contributed by atoms with Crippen molar-refractivity contribution in [1.82, 2.24) is 0 Å². The van der Waals surface area contributed by atoms with Gasteiger partial charge in [0.15, 0.2) is 0 Å². The van der Waals surface area contributed by atoms with Crippen molar-refractivity contribution < 1.29 is 9.53 Å². The predicted molar refractivity (Wildman–Crippen MR) is 71.9 cm³/mol. The zero-order valence-electron chi connectivity index (χ0n) is 9.86. The van der Waals surface area contributed by atoms with Gasteiger partial charge < -0.3 is 9.64 Å². The lowest BCUT2D eigenvalue weighted by atomic mass is 10.1. The van der Waals surface area contributed by atoms with Gasteiger partial charge in [0.25, 0.3) is 0 Å². The van der Waals surface area contributed by atoms with Crippen LogP contribution in [-0.2, 0) is 4.79 Å². The highest BCUT2D eigenvalue weighted by Crippen LogP contribution is 2.27. The zero-order valence-corrected chi connectivity index (χ0v) is 11.4. The van der Waals surface area contributed by atoms with Crippen LogP contribution in [0.3, 0.4) is 0 Å². The Morgan fingerprint density at radius 1 is 1.53 bits per heavy atom. The number of hydrogen-bond donors (Lipinski definition) is 0. The largest absolute Gasteiger partial charge is 0.494 e. The van der Waals surface area contributed by atoms with Gasteiger partial charge in [-0.2, -0.15) is 0 Å². The lowest BCUT2D eigenvalue weighted by Crippen LogP contribution is -2.41. The summed E-state index contributed by atoms with van der Waals surface area (Å²) in [4.78, 5) is 13.8. The van der Waals surface area contributed by atoms with Gasteiger partial charge in [0.05, 0.1) is 11.4 Å². The number of hydrogen-bond acceptors (Lipinski definition) is 2. The summed E-state index contributed by atoms with van der Waals surface area (Å²) in [6.45, 7) is 3.38. The second kappa shape index (κ2) is 5.54. The molecule has 1 unspecified atom stereocenters. The number of piperidine rings is 1. The van der Waals surface area contributed by atoms with Gasteiger partial charge in [-0.25, -0.2) is 0 Å². The zero-order chi connectivity index (χ0) is 12.3. The van der Waals surface area contributed by atoms with Gasteiger partial charge in [-0.1, -0.05) is 22.0 Å². The minimum absolute atomic E-state index is 0.0491. The van der Waals surface area contributed by atoms with Crippen LogP contribution in [0.2, 0.25) is 0 Å². The molecule has 0 saturated carbocycles. The fraction of sp³-hybridized carbons (Fsp3) is 0.462. The second-order valence-electron chi connectivity index (χ2n) is 4.03. The third-order valence-corrected chi connectivity index (χ3v) is 3.66. The number of benzene rings is 1. The van der Waals surface area contributed by atoms with E-state index in [-0.39, 0.29) is 10.7 Å². The Hall–Kier alpha value is -1.03. The van der Waals surface area contributed by atoms with Gasteiger partial charge in [0, 0.05) is 18.3 Å². The van der Waals surface area contributed by atoms with Crippen molar-refractivity contribution in [3.05, 3.63) is 24.3 Å². The molecule has 4 heteroatoms. The van der Waals surface area contributed by atoms with Crippen LogP contribution in [0.1, 0.15) is 19.8 Å². The smallest absolute Gasteiger partial charge is 0.240 e. The summed E-state index contributed by atoms with van der Waals surface area (Å²) < 4.78 is 5.45. The molecule has 0 bridgehead atoms. The first-order valence-electron chi connectivity index (χ1n) is 5.90. The van der Waals surface area contributed by atoms with Gasteiger partial charge in [0.1, 0.15) is 5.75 Å². The van der Waals surface area contributed by atoms with E-state index in [1.54, 1.807) is 0 Å². The molecule has 0 spiro atoms. The van der Waals surface area contributed by atoms with E-state index in [0.717, 1.165) is 30.8 Å². The molecular formula is C13H16BrNO2. The fourth-order valence-electron chi connectivity index (χ4n) is 2.00. The molecule has 0 aromatic heterocycles. The van der Waals surface area contributed by atoms with Crippen molar-refractivity contribution in [2.45, 2.75) is 24.6 Å². The summed E-state index contributed by atoms with van der Waals surface area (Å²) in [7, 11) is 0. The number of amides is 1. The molecule has 1 atom stereocenters. The molecule has 1 aromatic carbocycles. The maximum Gasteiger partial charge on any atom is 0.240 e. The highest BCUT2D eigenvalue weighted by molar-refractivity contribution is 9.10. The van der Waals surface area contributed by atoms with E-state index in [9.17, 15) is 4.79 Å². The maximum absolute atomic E-state index is 12.0. The SMILES string of the molecule is CCOc1cccc(N2CCCC(Br)C2=O)c1. The molecule has 1 aromatic rings. The number of nitrogens with zero attached hydrogens (tertiary/aromatic N) is 1. The molecule has 92 valence electrons. The van der Waals surface area contributed by atoms with Gasteiger partial charge in [-0.15, -0.1) is 0 Å². The van der Waals surface area contributed by atoms with Crippen LogP contribution >= 0.6 is 15.9 Å². The predicted octanol–water partition coefficient (Wildman–Crippen LogP) is 2.98. The van der Waals surface area contributed by atoms with Crippen molar-refractivity contribution in [2.75, 3.05) is 18.1 Å². The van der Waals surface area contributed by atoms with Crippen LogP contribution in [0.5, 0.6) is 5.75 Å². The molecule has 1 aliphatic heterocycles. The third-order valence-electron chi connectivity index (χ3n) is 2.81. The van der Waals surface area contributed by atoms with Crippen LogP contribution in [-0.4, -0.2) is 23.9 Å². The van der Waals surface area contributed by atoms with Crippen LogP contribution in [0, 0.1) is 0 Å². The maximum atomic E-state index is 12.0. The van der Waals surface area contributed by atoms with Crippen LogP contribution in [0.15, 0.2) is 24.3 Å². The molecular weight excluding hydrogens is 282 g/mol. The molecule has 1 heterocycles. The van der Waals surface area contributed by atoms with E-state index in [1.165, 1.54) is 0 Å². The molecule has 1 saturated heterocycles. The number of carbonyl (C=O) groups excluding carboxylic acids is 1. The Kier molecular flexibility index (Phi) is 4.05. The summed E-state index contributed by atoms with van der Waals surface area (Å²) in [5, 5.41) is 0. The van der Waals surface area contributed by atoms with Crippen LogP contribution < -0.4 is 9.64 Å². The number of alkyl halides is 1. The molecule has 3 nitrogen and oxygen atoms in total. The average Bonchev–Trinajstić information content (AvgIpc) is 2.33. The highest BCUT2D eigenvalue weighted by atomic mass is 79.9. The molecule has 0 aliphatic carbocycles. The fourth-order valence-corrected chi connectivity index (χ4v) is 2.57. The van der Waals surface area contributed by atoms with Gasteiger partial charge in [0.2, 0.25) is 5.91 Å². The highest BCUT2D eigenvalue weighted by Gasteiger charge is 2.27. The molecule has 1 fully saturated rings. The van der Waals surface area contributed by atoms with Crippen molar-refractivity contribution in [3.8, 4) is 5.75 Å².